The van der Waals surface area contributed by atoms with Gasteiger partial charge in [0, 0.05) is 5.02 Å². The Morgan fingerprint density at radius 1 is 0.760 bits per heavy atom. The molecule has 0 saturated carbocycles. The number of rotatable bonds is 1. The van der Waals surface area contributed by atoms with Crippen molar-refractivity contribution in [3.63, 3.8) is 0 Å². The van der Waals surface area contributed by atoms with Crippen LogP contribution in [0.3, 0.4) is 0 Å². The topological polar surface area (TPSA) is 60.8 Å². The van der Waals surface area contributed by atoms with E-state index in [1.807, 2.05) is 12.1 Å². The molecular formula is C17H11Cl3N4O. The summed E-state index contributed by atoms with van der Waals surface area (Å²) in [4.78, 5) is 17.3. The second-order valence-corrected chi connectivity index (χ2v) is 6.80. The number of ether oxygens (including phenoxy) is 1. The van der Waals surface area contributed by atoms with E-state index in [2.05, 4.69) is 19.9 Å². The third-order valence-corrected chi connectivity index (χ3v) is 4.75. The molecule has 8 heteroatoms. The van der Waals surface area contributed by atoms with Crippen LogP contribution in [0, 0.1) is 13.8 Å². The molecule has 0 bridgehead atoms. The fourth-order valence-corrected chi connectivity index (χ4v) is 3.66. The van der Waals surface area contributed by atoms with Crippen molar-refractivity contribution in [1.82, 2.24) is 19.9 Å². The number of benzene rings is 1. The van der Waals surface area contributed by atoms with Crippen molar-refractivity contribution in [1.29, 1.82) is 0 Å². The van der Waals surface area contributed by atoms with Gasteiger partial charge in [-0.15, -0.1) is 0 Å². The van der Waals surface area contributed by atoms with E-state index in [0.717, 1.165) is 5.56 Å². The monoisotopic (exact) mass is 392 g/mol. The first-order valence-corrected chi connectivity index (χ1v) is 8.59. The van der Waals surface area contributed by atoms with Gasteiger partial charge in [0.25, 0.3) is 0 Å². The second kappa shape index (κ2) is 6.09. The first-order valence-electron chi connectivity index (χ1n) is 7.45. The number of aromatic nitrogens is 4. The molecule has 5 nitrogen and oxygen atoms in total. The number of fused-ring (bicyclic) bond motifs is 2. The van der Waals surface area contributed by atoms with E-state index in [4.69, 9.17) is 39.5 Å². The van der Waals surface area contributed by atoms with Crippen LogP contribution in [0.1, 0.15) is 34.3 Å². The molecule has 0 saturated heterocycles. The number of aryl methyl sites for hydroxylation is 2. The zero-order valence-electron chi connectivity index (χ0n) is 13.2. The predicted molar refractivity (Wildman–Crippen MR) is 96.0 cm³/mol. The number of halogens is 3. The highest BCUT2D eigenvalue weighted by Gasteiger charge is 2.36. The van der Waals surface area contributed by atoms with E-state index in [0.29, 0.717) is 49.9 Å². The van der Waals surface area contributed by atoms with Gasteiger partial charge in [-0.25, -0.2) is 9.97 Å². The SMILES string of the molecule is Cc1nc(Cl)c2c(n1)Oc1nc(C)nc(Cl)c1C2c1ccc(Cl)cc1. The quantitative estimate of drug-likeness (QED) is 0.420. The molecule has 0 aliphatic carbocycles. The maximum atomic E-state index is 6.43. The van der Waals surface area contributed by atoms with Gasteiger partial charge in [-0.3, -0.25) is 0 Å². The van der Waals surface area contributed by atoms with E-state index in [1.165, 1.54) is 0 Å². The van der Waals surface area contributed by atoms with Gasteiger partial charge in [0.2, 0.25) is 11.8 Å². The average Bonchev–Trinajstić information content (AvgIpc) is 2.53. The Hall–Kier alpha value is -1.95. The molecule has 1 aliphatic heterocycles. The molecule has 1 aromatic carbocycles. The van der Waals surface area contributed by atoms with Crippen molar-refractivity contribution >= 4 is 34.8 Å². The maximum Gasteiger partial charge on any atom is 0.230 e. The van der Waals surface area contributed by atoms with Crippen molar-refractivity contribution in [2.45, 2.75) is 19.8 Å². The zero-order valence-corrected chi connectivity index (χ0v) is 15.5. The largest absolute Gasteiger partial charge is 0.420 e. The zero-order chi connectivity index (χ0) is 17.7. The Labute approximate surface area is 159 Å². The molecular weight excluding hydrogens is 383 g/mol. The molecule has 0 spiro atoms. The minimum Gasteiger partial charge on any atom is -0.420 e. The van der Waals surface area contributed by atoms with Gasteiger partial charge in [0.1, 0.15) is 22.0 Å². The molecule has 3 aromatic rings. The molecule has 4 rings (SSSR count). The molecule has 0 unspecified atom stereocenters. The molecule has 126 valence electrons. The second-order valence-electron chi connectivity index (χ2n) is 5.65. The van der Waals surface area contributed by atoms with Gasteiger partial charge in [-0.2, -0.15) is 9.97 Å². The Balaban J connectivity index is 2.03. The lowest BCUT2D eigenvalue weighted by molar-refractivity contribution is 0.410. The molecule has 2 aromatic heterocycles. The van der Waals surface area contributed by atoms with Crippen molar-refractivity contribution in [3.05, 3.63) is 67.9 Å². The molecule has 1 aliphatic rings. The van der Waals surface area contributed by atoms with Gasteiger partial charge in [0.15, 0.2) is 0 Å². The minimum absolute atomic E-state index is 0.310. The molecule has 0 atom stereocenters. The molecule has 25 heavy (non-hydrogen) atoms. The Morgan fingerprint density at radius 2 is 1.24 bits per heavy atom. The van der Waals surface area contributed by atoms with Crippen molar-refractivity contribution < 1.29 is 4.74 Å². The van der Waals surface area contributed by atoms with Gasteiger partial charge < -0.3 is 4.74 Å². The minimum atomic E-state index is -0.350. The Bertz CT molecular complexity index is 935. The molecule has 3 heterocycles. The number of nitrogens with zero attached hydrogens (tertiary/aromatic N) is 4. The highest BCUT2D eigenvalue weighted by molar-refractivity contribution is 6.31. The van der Waals surface area contributed by atoms with Crippen LogP contribution in [0.5, 0.6) is 11.8 Å². The summed E-state index contributed by atoms with van der Waals surface area (Å²) in [7, 11) is 0. The summed E-state index contributed by atoms with van der Waals surface area (Å²) in [5.41, 5.74) is 2.19. The van der Waals surface area contributed by atoms with Gasteiger partial charge in [0.05, 0.1) is 17.0 Å². The van der Waals surface area contributed by atoms with Crippen LogP contribution in [-0.2, 0) is 0 Å². The van der Waals surface area contributed by atoms with Crippen LogP contribution >= 0.6 is 34.8 Å². The fourth-order valence-electron chi connectivity index (χ4n) is 2.91. The summed E-state index contributed by atoms with van der Waals surface area (Å²) in [5, 5.41) is 1.25. The first-order chi connectivity index (χ1) is 11.9. The van der Waals surface area contributed by atoms with Crippen LogP contribution in [0.25, 0.3) is 0 Å². The van der Waals surface area contributed by atoms with Gasteiger partial charge in [-0.05, 0) is 31.5 Å². The van der Waals surface area contributed by atoms with Crippen LogP contribution in [0.4, 0.5) is 0 Å². The lowest BCUT2D eigenvalue weighted by Gasteiger charge is -2.28. The lowest BCUT2D eigenvalue weighted by Crippen LogP contribution is -2.17. The summed E-state index contributed by atoms with van der Waals surface area (Å²) < 4.78 is 5.88. The van der Waals surface area contributed by atoms with Crippen LogP contribution < -0.4 is 4.74 Å². The molecule has 0 fully saturated rings. The highest BCUT2D eigenvalue weighted by Crippen LogP contribution is 2.49. The first kappa shape index (κ1) is 16.5. The van der Waals surface area contributed by atoms with Crippen molar-refractivity contribution in [2.75, 3.05) is 0 Å². The van der Waals surface area contributed by atoms with E-state index in [1.54, 1.807) is 26.0 Å². The van der Waals surface area contributed by atoms with Crippen molar-refractivity contribution in [2.24, 2.45) is 0 Å². The van der Waals surface area contributed by atoms with Crippen LogP contribution in [-0.4, -0.2) is 19.9 Å². The Kier molecular flexibility index (Phi) is 4.02. The third-order valence-electron chi connectivity index (χ3n) is 3.93. The standard InChI is InChI=1S/C17H11Cl3N4O/c1-7-21-14(19)12-11(9-3-5-10(18)6-4-9)13-15(20)22-8(2)24-17(13)25-16(12)23-7/h3-6,11H,1-2H3. The summed E-state index contributed by atoms with van der Waals surface area (Å²) in [6.07, 6.45) is 0. The number of hydrogen-bond acceptors (Lipinski definition) is 5. The number of hydrogen-bond donors (Lipinski definition) is 0. The van der Waals surface area contributed by atoms with E-state index >= 15 is 0 Å². The predicted octanol–water partition coefficient (Wildman–Crippen LogP) is 5.13. The van der Waals surface area contributed by atoms with Crippen molar-refractivity contribution in [3.8, 4) is 11.8 Å². The Morgan fingerprint density at radius 3 is 1.72 bits per heavy atom. The van der Waals surface area contributed by atoms with Crippen LogP contribution in [0.15, 0.2) is 24.3 Å². The average molecular weight is 394 g/mol. The molecule has 0 N–H and O–H groups in total. The summed E-state index contributed by atoms with van der Waals surface area (Å²) >= 11 is 18.9. The summed E-state index contributed by atoms with van der Waals surface area (Å²) in [6, 6.07) is 7.41. The van der Waals surface area contributed by atoms with E-state index in [-0.39, 0.29) is 5.92 Å². The van der Waals surface area contributed by atoms with E-state index < -0.39 is 0 Å². The van der Waals surface area contributed by atoms with Gasteiger partial charge in [-0.1, -0.05) is 46.9 Å². The third kappa shape index (κ3) is 2.82. The van der Waals surface area contributed by atoms with Crippen LogP contribution in [0.2, 0.25) is 15.3 Å². The van der Waals surface area contributed by atoms with E-state index in [9.17, 15) is 0 Å². The molecule has 0 amide bonds. The lowest BCUT2D eigenvalue weighted by atomic mass is 9.86. The highest BCUT2D eigenvalue weighted by atomic mass is 35.5. The molecule has 0 radical (unpaired) electrons. The maximum absolute atomic E-state index is 6.43. The summed E-state index contributed by atoms with van der Waals surface area (Å²) in [6.45, 7) is 3.50. The normalized spacial score (nSPS) is 13.2. The summed E-state index contributed by atoms with van der Waals surface area (Å²) in [5.74, 6) is 1.42. The van der Waals surface area contributed by atoms with Gasteiger partial charge >= 0.3 is 0 Å². The smallest absolute Gasteiger partial charge is 0.230 e. The fraction of sp³-hybridized carbons (Fsp3) is 0.176.